The number of ether oxygens (including phenoxy) is 2. The third-order valence-corrected chi connectivity index (χ3v) is 6.96. The van der Waals surface area contributed by atoms with E-state index >= 15 is 0 Å². The molecule has 9 nitrogen and oxygen atoms in total. The molecule has 10 heteroatoms. The van der Waals surface area contributed by atoms with Crippen molar-refractivity contribution in [1.82, 2.24) is 14.0 Å². The lowest BCUT2D eigenvalue weighted by Gasteiger charge is -2.31. The minimum Gasteiger partial charge on any atom is -0.497 e. The van der Waals surface area contributed by atoms with Crippen LogP contribution in [0.5, 0.6) is 5.75 Å². The van der Waals surface area contributed by atoms with E-state index in [1.165, 1.54) is 15.9 Å². The number of carbonyl (C=O) groups excluding carboxylic acids is 2. The van der Waals surface area contributed by atoms with Crippen molar-refractivity contribution in [3.05, 3.63) is 62.1 Å². The van der Waals surface area contributed by atoms with E-state index in [4.69, 9.17) is 9.47 Å². The zero-order valence-corrected chi connectivity index (χ0v) is 20.0. The summed E-state index contributed by atoms with van der Waals surface area (Å²) in [6, 6.07) is 8.87. The highest BCUT2D eigenvalue weighted by atomic mass is 32.1. The normalized spacial score (nSPS) is 14.4. The van der Waals surface area contributed by atoms with E-state index in [1.807, 2.05) is 6.07 Å². The molecular formula is C24H27N3O6S. The fourth-order valence-electron chi connectivity index (χ4n) is 4.24. The topological polar surface area (TPSA) is 99.8 Å². The molecule has 0 aliphatic carbocycles. The van der Waals surface area contributed by atoms with Gasteiger partial charge in [0.2, 0.25) is 5.91 Å². The number of esters is 1. The maximum atomic E-state index is 13.4. The molecule has 180 valence electrons. The van der Waals surface area contributed by atoms with Crippen LogP contribution < -0.4 is 16.0 Å². The van der Waals surface area contributed by atoms with E-state index in [0.29, 0.717) is 48.5 Å². The standard InChI is InChI=1S/C24H27N3O6S/c1-3-33-23(30)17-7-10-25(11-8-17)20(28)15-26-19-9-12-34-21(19)22(29)27(24(26)31)14-16-5-4-6-18(13-16)32-2/h4-6,9,12-13,17H,3,7-8,10-11,14-15H2,1-2H3. The number of benzene rings is 1. The van der Waals surface area contributed by atoms with E-state index < -0.39 is 5.69 Å². The molecule has 1 saturated heterocycles. The second-order valence-corrected chi connectivity index (χ2v) is 9.07. The molecule has 0 bridgehead atoms. The lowest BCUT2D eigenvalue weighted by Crippen LogP contribution is -2.45. The number of aromatic nitrogens is 2. The molecule has 34 heavy (non-hydrogen) atoms. The Morgan fingerprint density at radius 2 is 1.88 bits per heavy atom. The number of piperidine rings is 1. The Balaban J connectivity index is 1.59. The molecule has 0 radical (unpaired) electrons. The van der Waals surface area contributed by atoms with Gasteiger partial charge in [-0.15, -0.1) is 11.3 Å². The van der Waals surface area contributed by atoms with E-state index in [1.54, 1.807) is 48.6 Å². The number of rotatable bonds is 7. The molecule has 3 aromatic rings. The van der Waals surface area contributed by atoms with Gasteiger partial charge >= 0.3 is 11.7 Å². The fourth-order valence-corrected chi connectivity index (χ4v) is 5.08. The zero-order chi connectivity index (χ0) is 24.2. The van der Waals surface area contributed by atoms with Gasteiger partial charge in [-0.1, -0.05) is 12.1 Å². The Morgan fingerprint density at radius 1 is 1.12 bits per heavy atom. The molecule has 0 saturated carbocycles. The first-order valence-corrected chi connectivity index (χ1v) is 12.1. The van der Waals surface area contributed by atoms with E-state index in [-0.39, 0.29) is 36.4 Å². The molecule has 0 N–H and O–H groups in total. The molecule has 0 atom stereocenters. The van der Waals surface area contributed by atoms with Gasteiger partial charge in [-0.05, 0) is 48.9 Å². The van der Waals surface area contributed by atoms with E-state index in [2.05, 4.69) is 0 Å². The van der Waals surface area contributed by atoms with Crippen LogP contribution in [0.1, 0.15) is 25.3 Å². The van der Waals surface area contributed by atoms with Crippen LogP contribution in [0.25, 0.3) is 10.2 Å². The lowest BCUT2D eigenvalue weighted by atomic mass is 9.97. The van der Waals surface area contributed by atoms with Gasteiger partial charge in [-0.2, -0.15) is 0 Å². The smallest absolute Gasteiger partial charge is 0.332 e. The van der Waals surface area contributed by atoms with Gasteiger partial charge in [0.15, 0.2) is 0 Å². The summed E-state index contributed by atoms with van der Waals surface area (Å²) in [5, 5.41) is 1.74. The third kappa shape index (κ3) is 4.77. The number of fused-ring (bicyclic) bond motifs is 1. The van der Waals surface area contributed by atoms with Crippen molar-refractivity contribution in [3.63, 3.8) is 0 Å². The Labute approximate surface area is 200 Å². The van der Waals surface area contributed by atoms with Crippen molar-refractivity contribution >= 4 is 33.4 Å². The number of hydrogen-bond donors (Lipinski definition) is 0. The van der Waals surface area contributed by atoms with Gasteiger partial charge in [0.1, 0.15) is 17.0 Å². The highest BCUT2D eigenvalue weighted by Crippen LogP contribution is 2.20. The Hall–Kier alpha value is -3.40. The highest BCUT2D eigenvalue weighted by Gasteiger charge is 2.29. The summed E-state index contributed by atoms with van der Waals surface area (Å²) in [6.45, 7) is 2.85. The van der Waals surface area contributed by atoms with E-state index in [0.717, 1.165) is 10.1 Å². The average molecular weight is 486 g/mol. The first-order chi connectivity index (χ1) is 16.4. The second kappa shape index (κ2) is 10.3. The summed E-state index contributed by atoms with van der Waals surface area (Å²) in [5.41, 5.74) is 0.287. The van der Waals surface area contributed by atoms with Crippen LogP contribution in [0, 0.1) is 5.92 Å². The van der Waals surface area contributed by atoms with Gasteiger partial charge in [0.25, 0.3) is 5.56 Å². The molecule has 4 rings (SSSR count). The number of likely N-dealkylation sites (tertiary alicyclic amines) is 1. The minimum absolute atomic E-state index is 0.0713. The van der Waals surface area contributed by atoms with Crippen LogP contribution in [0.3, 0.4) is 0 Å². The molecule has 2 aromatic heterocycles. The molecule has 1 aliphatic heterocycles. The first kappa shape index (κ1) is 23.7. The molecule has 1 fully saturated rings. The average Bonchev–Trinajstić information content (AvgIpc) is 3.35. The molecule has 0 unspecified atom stereocenters. The molecule has 1 aromatic carbocycles. The summed E-state index contributed by atoms with van der Waals surface area (Å²) >= 11 is 1.25. The Bertz CT molecular complexity index is 1320. The van der Waals surface area contributed by atoms with Gasteiger partial charge in [0.05, 0.1) is 31.7 Å². The zero-order valence-electron chi connectivity index (χ0n) is 19.2. The molecular weight excluding hydrogens is 458 g/mol. The number of amides is 1. The first-order valence-electron chi connectivity index (χ1n) is 11.2. The van der Waals surface area contributed by atoms with Crippen molar-refractivity contribution in [2.45, 2.75) is 32.9 Å². The van der Waals surface area contributed by atoms with Crippen molar-refractivity contribution in [2.24, 2.45) is 5.92 Å². The van der Waals surface area contributed by atoms with Crippen LogP contribution in [0.4, 0.5) is 0 Å². The number of hydrogen-bond acceptors (Lipinski definition) is 7. The van der Waals surface area contributed by atoms with Crippen LogP contribution >= 0.6 is 11.3 Å². The number of carbonyl (C=O) groups is 2. The van der Waals surface area contributed by atoms with Crippen LogP contribution in [0.15, 0.2) is 45.3 Å². The predicted molar refractivity (Wildman–Crippen MR) is 128 cm³/mol. The molecule has 1 aliphatic rings. The quantitative estimate of drug-likeness (QED) is 0.475. The summed E-state index contributed by atoms with van der Waals surface area (Å²) < 4.78 is 13.3. The van der Waals surface area contributed by atoms with Crippen molar-refractivity contribution in [1.29, 1.82) is 0 Å². The van der Waals surface area contributed by atoms with Gasteiger partial charge in [-0.3, -0.25) is 23.5 Å². The summed E-state index contributed by atoms with van der Waals surface area (Å²) in [6.07, 6.45) is 1.06. The molecule has 3 heterocycles. The Kier molecular flexibility index (Phi) is 7.16. The number of thiophene rings is 1. The predicted octanol–water partition coefficient (Wildman–Crippen LogP) is 2.08. The van der Waals surface area contributed by atoms with Gasteiger partial charge in [0, 0.05) is 13.1 Å². The fraction of sp³-hybridized carbons (Fsp3) is 0.417. The van der Waals surface area contributed by atoms with Gasteiger partial charge < -0.3 is 14.4 Å². The SMILES string of the molecule is CCOC(=O)C1CCN(C(=O)Cn2c(=O)n(Cc3cccc(OC)c3)c(=O)c3sccc32)CC1. The number of nitrogens with zero attached hydrogens (tertiary/aromatic N) is 3. The Morgan fingerprint density at radius 3 is 2.59 bits per heavy atom. The van der Waals surface area contributed by atoms with Gasteiger partial charge in [-0.25, -0.2) is 4.79 Å². The highest BCUT2D eigenvalue weighted by molar-refractivity contribution is 7.17. The maximum absolute atomic E-state index is 13.4. The van der Waals surface area contributed by atoms with Crippen LogP contribution in [-0.4, -0.2) is 52.7 Å². The van der Waals surface area contributed by atoms with E-state index in [9.17, 15) is 19.2 Å². The third-order valence-electron chi connectivity index (χ3n) is 6.07. The van der Waals surface area contributed by atoms with Crippen LogP contribution in [-0.2, 0) is 27.4 Å². The lowest BCUT2D eigenvalue weighted by molar-refractivity contribution is -0.151. The monoisotopic (exact) mass is 485 g/mol. The molecule has 0 spiro atoms. The summed E-state index contributed by atoms with van der Waals surface area (Å²) in [7, 11) is 1.55. The van der Waals surface area contributed by atoms with Crippen molar-refractivity contribution in [3.8, 4) is 5.75 Å². The number of methoxy groups -OCH3 is 1. The van der Waals surface area contributed by atoms with Crippen molar-refractivity contribution in [2.75, 3.05) is 26.8 Å². The minimum atomic E-state index is -0.534. The second-order valence-electron chi connectivity index (χ2n) is 8.15. The largest absolute Gasteiger partial charge is 0.497 e. The van der Waals surface area contributed by atoms with Crippen LogP contribution in [0.2, 0.25) is 0 Å². The summed E-state index contributed by atoms with van der Waals surface area (Å²) in [4.78, 5) is 53.1. The maximum Gasteiger partial charge on any atom is 0.332 e. The summed E-state index contributed by atoms with van der Waals surface area (Å²) in [5.74, 6) is -0.0246. The molecule has 1 amide bonds. The van der Waals surface area contributed by atoms with Crippen molar-refractivity contribution < 1.29 is 19.1 Å².